The van der Waals surface area contributed by atoms with Crippen molar-refractivity contribution in [2.24, 2.45) is 0 Å². The summed E-state index contributed by atoms with van der Waals surface area (Å²) in [6, 6.07) is 15.4. The maximum absolute atomic E-state index is 12.6. The highest BCUT2D eigenvalue weighted by Gasteiger charge is 2.16. The zero-order chi connectivity index (χ0) is 18.9. The molecule has 0 radical (unpaired) electrons. The fourth-order valence-electron chi connectivity index (χ4n) is 2.84. The summed E-state index contributed by atoms with van der Waals surface area (Å²) in [5, 5.41) is 13.6. The highest BCUT2D eigenvalue weighted by Crippen LogP contribution is 2.36. The number of nitrogens with zero attached hydrogens (tertiary/aromatic N) is 4. The van der Waals surface area contributed by atoms with Gasteiger partial charge in [0.25, 0.3) is 5.56 Å². The molecular weight excluding hydrogens is 410 g/mol. The van der Waals surface area contributed by atoms with Gasteiger partial charge in [0.2, 0.25) is 0 Å². The topological polar surface area (TPSA) is 76.5 Å². The SMILES string of the molecule is O=c1c2ccccc2nnn1CSc1nc(-c2cccs2)c(-c2cccs2)[nH]1. The maximum atomic E-state index is 12.6. The average molecular weight is 424 g/mol. The van der Waals surface area contributed by atoms with Crippen LogP contribution in [0.2, 0.25) is 0 Å². The Kier molecular flexibility index (Phi) is 4.55. The lowest BCUT2D eigenvalue weighted by Gasteiger charge is -2.02. The van der Waals surface area contributed by atoms with Crippen LogP contribution >= 0.6 is 34.4 Å². The van der Waals surface area contributed by atoms with Gasteiger partial charge in [-0.1, -0.05) is 41.2 Å². The van der Waals surface area contributed by atoms with E-state index in [1.165, 1.54) is 16.4 Å². The molecule has 0 atom stereocenters. The van der Waals surface area contributed by atoms with E-state index >= 15 is 0 Å². The number of imidazole rings is 1. The van der Waals surface area contributed by atoms with Crippen molar-refractivity contribution in [1.82, 2.24) is 25.0 Å². The molecule has 0 unspecified atom stereocenters. The van der Waals surface area contributed by atoms with Gasteiger partial charge in [-0.15, -0.1) is 27.8 Å². The number of H-pyrrole nitrogens is 1. The summed E-state index contributed by atoms with van der Waals surface area (Å²) in [5.74, 6) is 0.331. The molecule has 1 N–H and O–H groups in total. The third-order valence-electron chi connectivity index (χ3n) is 4.16. The van der Waals surface area contributed by atoms with E-state index in [1.807, 2.05) is 35.0 Å². The zero-order valence-electron chi connectivity index (χ0n) is 14.4. The molecule has 0 saturated carbocycles. The summed E-state index contributed by atoms with van der Waals surface area (Å²) in [6.45, 7) is 0. The largest absolute Gasteiger partial charge is 0.332 e. The Morgan fingerprint density at radius 3 is 2.57 bits per heavy atom. The normalized spacial score (nSPS) is 11.3. The van der Waals surface area contributed by atoms with Crippen LogP contribution in [0.4, 0.5) is 0 Å². The first-order valence-electron chi connectivity index (χ1n) is 8.43. The number of thiophene rings is 2. The standard InChI is InChI=1S/C19H13N5OS3/c25-18-12-5-1-2-6-13(12)22-23-24(18)11-28-19-20-16(14-7-3-9-26-14)17(21-19)15-8-4-10-27-15/h1-10H,11H2,(H,20,21). The average Bonchev–Trinajstić information content (AvgIpc) is 3.48. The molecule has 0 spiro atoms. The Morgan fingerprint density at radius 1 is 1.00 bits per heavy atom. The van der Waals surface area contributed by atoms with Gasteiger partial charge < -0.3 is 4.98 Å². The number of thioether (sulfide) groups is 1. The van der Waals surface area contributed by atoms with Gasteiger partial charge in [-0.25, -0.2) is 4.98 Å². The van der Waals surface area contributed by atoms with Crippen LogP contribution in [0, 0.1) is 0 Å². The van der Waals surface area contributed by atoms with Crippen molar-refractivity contribution in [1.29, 1.82) is 0 Å². The fraction of sp³-hybridized carbons (Fsp3) is 0.0526. The van der Waals surface area contributed by atoms with Crippen LogP contribution < -0.4 is 5.56 Å². The van der Waals surface area contributed by atoms with E-state index in [4.69, 9.17) is 4.98 Å². The van der Waals surface area contributed by atoms with Gasteiger partial charge in [0.1, 0.15) is 11.2 Å². The molecule has 0 fully saturated rings. The van der Waals surface area contributed by atoms with E-state index in [-0.39, 0.29) is 5.56 Å². The van der Waals surface area contributed by atoms with E-state index in [1.54, 1.807) is 34.8 Å². The van der Waals surface area contributed by atoms with E-state index in [0.29, 0.717) is 16.8 Å². The molecule has 4 heterocycles. The lowest BCUT2D eigenvalue weighted by atomic mass is 10.2. The Balaban J connectivity index is 1.47. The lowest BCUT2D eigenvalue weighted by molar-refractivity contribution is 0.644. The zero-order valence-corrected chi connectivity index (χ0v) is 16.9. The molecule has 0 saturated heterocycles. The number of nitrogens with one attached hydrogen (secondary N) is 1. The minimum atomic E-state index is -0.151. The summed E-state index contributed by atoms with van der Waals surface area (Å²) in [5.41, 5.74) is 2.38. The number of aromatic amines is 1. The van der Waals surface area contributed by atoms with Crippen LogP contribution in [0.5, 0.6) is 0 Å². The smallest absolute Gasteiger partial charge is 0.278 e. The van der Waals surface area contributed by atoms with Crippen LogP contribution in [0.25, 0.3) is 32.0 Å². The molecule has 4 aromatic heterocycles. The van der Waals surface area contributed by atoms with Gasteiger partial charge in [0.15, 0.2) is 5.16 Å². The first-order chi connectivity index (χ1) is 13.8. The number of hydrogen-bond acceptors (Lipinski definition) is 7. The molecule has 5 aromatic rings. The van der Waals surface area contributed by atoms with Gasteiger partial charge in [-0.05, 0) is 35.0 Å². The molecule has 6 nitrogen and oxygen atoms in total. The molecule has 28 heavy (non-hydrogen) atoms. The number of aromatic nitrogens is 5. The summed E-state index contributed by atoms with van der Waals surface area (Å²) in [6.07, 6.45) is 0. The van der Waals surface area contributed by atoms with Crippen LogP contribution in [0.15, 0.2) is 69.2 Å². The second kappa shape index (κ2) is 7.34. The number of benzene rings is 1. The first-order valence-corrected chi connectivity index (χ1v) is 11.2. The molecule has 0 aliphatic carbocycles. The van der Waals surface area contributed by atoms with Crippen LogP contribution in [0.3, 0.4) is 0 Å². The van der Waals surface area contributed by atoms with Crippen molar-refractivity contribution in [3.05, 3.63) is 69.6 Å². The summed E-state index contributed by atoms with van der Waals surface area (Å²) in [7, 11) is 0. The van der Waals surface area contributed by atoms with Crippen molar-refractivity contribution in [2.75, 3.05) is 0 Å². The predicted octanol–water partition coefficient (Wildman–Crippen LogP) is 4.72. The third-order valence-corrected chi connectivity index (χ3v) is 6.76. The second-order valence-corrected chi connectivity index (χ2v) is 8.73. The molecule has 0 aliphatic heterocycles. The van der Waals surface area contributed by atoms with E-state index < -0.39 is 0 Å². The Bertz CT molecular complexity index is 1240. The van der Waals surface area contributed by atoms with Crippen molar-refractivity contribution in [3.63, 3.8) is 0 Å². The van der Waals surface area contributed by atoms with Gasteiger partial charge in [-0.2, -0.15) is 4.68 Å². The molecule has 1 aromatic carbocycles. The van der Waals surface area contributed by atoms with Crippen LogP contribution in [0.1, 0.15) is 0 Å². The van der Waals surface area contributed by atoms with Gasteiger partial charge >= 0.3 is 0 Å². The highest BCUT2D eigenvalue weighted by molar-refractivity contribution is 7.98. The molecule has 5 rings (SSSR count). The summed E-state index contributed by atoms with van der Waals surface area (Å²) < 4.78 is 1.37. The minimum Gasteiger partial charge on any atom is -0.332 e. The van der Waals surface area contributed by atoms with E-state index in [2.05, 4.69) is 27.4 Å². The van der Waals surface area contributed by atoms with Crippen LogP contribution in [-0.2, 0) is 5.88 Å². The Labute approximate surface area is 171 Å². The van der Waals surface area contributed by atoms with E-state index in [9.17, 15) is 4.79 Å². The molecular formula is C19H13N5OS3. The molecule has 138 valence electrons. The van der Waals surface area contributed by atoms with Gasteiger partial charge in [0.05, 0.1) is 26.7 Å². The Hall–Kier alpha value is -2.75. The quantitative estimate of drug-likeness (QED) is 0.414. The summed E-state index contributed by atoms with van der Waals surface area (Å²) >= 11 is 4.75. The molecule has 0 bridgehead atoms. The number of fused-ring (bicyclic) bond motifs is 1. The van der Waals surface area contributed by atoms with Gasteiger partial charge in [0, 0.05) is 0 Å². The van der Waals surface area contributed by atoms with Crippen molar-refractivity contribution in [2.45, 2.75) is 11.0 Å². The fourth-order valence-corrected chi connectivity index (χ4v) is 5.03. The molecule has 9 heteroatoms. The van der Waals surface area contributed by atoms with E-state index in [0.717, 1.165) is 26.3 Å². The predicted molar refractivity (Wildman–Crippen MR) is 115 cm³/mol. The third kappa shape index (κ3) is 3.17. The Morgan fingerprint density at radius 2 is 1.79 bits per heavy atom. The summed E-state index contributed by atoms with van der Waals surface area (Å²) in [4.78, 5) is 23.0. The molecule has 0 amide bonds. The monoisotopic (exact) mass is 423 g/mol. The molecule has 0 aliphatic rings. The van der Waals surface area contributed by atoms with Crippen molar-refractivity contribution >= 4 is 45.3 Å². The lowest BCUT2D eigenvalue weighted by Crippen LogP contribution is -2.23. The van der Waals surface area contributed by atoms with Crippen LogP contribution in [-0.4, -0.2) is 25.0 Å². The highest BCUT2D eigenvalue weighted by atomic mass is 32.2. The number of rotatable bonds is 5. The minimum absolute atomic E-state index is 0.151. The van der Waals surface area contributed by atoms with Crippen molar-refractivity contribution < 1.29 is 0 Å². The number of hydrogen-bond donors (Lipinski definition) is 1. The first kappa shape index (κ1) is 17.4. The second-order valence-electron chi connectivity index (χ2n) is 5.90. The maximum Gasteiger partial charge on any atom is 0.278 e. The van der Waals surface area contributed by atoms with Gasteiger partial charge in [-0.3, -0.25) is 4.79 Å². The van der Waals surface area contributed by atoms with Crippen molar-refractivity contribution in [3.8, 4) is 21.1 Å².